The van der Waals surface area contributed by atoms with Gasteiger partial charge in [-0.3, -0.25) is 4.99 Å². The summed E-state index contributed by atoms with van der Waals surface area (Å²) in [5.41, 5.74) is 5.54. The normalized spacial score (nSPS) is 29.4. The molecule has 3 heteroatoms. The molecule has 0 amide bonds. The molecule has 1 unspecified atom stereocenters. The van der Waals surface area contributed by atoms with E-state index < -0.39 is 0 Å². The summed E-state index contributed by atoms with van der Waals surface area (Å²) in [5.74, 6) is 0. The summed E-state index contributed by atoms with van der Waals surface area (Å²) in [6, 6.07) is 0.343. The fourth-order valence-electron chi connectivity index (χ4n) is 1.12. The molecular formula is C7H8N2S. The Morgan fingerprint density at radius 1 is 1.70 bits per heavy atom. The number of amidine groups is 1. The van der Waals surface area contributed by atoms with Crippen molar-refractivity contribution in [3.05, 3.63) is 23.1 Å². The Labute approximate surface area is 63.9 Å². The van der Waals surface area contributed by atoms with E-state index in [9.17, 15) is 0 Å². The van der Waals surface area contributed by atoms with Gasteiger partial charge < -0.3 is 5.73 Å². The van der Waals surface area contributed by atoms with Gasteiger partial charge in [0.2, 0.25) is 0 Å². The highest BCUT2D eigenvalue weighted by molar-refractivity contribution is 8.17. The Bertz CT molecular complexity index is 240. The largest absolute Gasteiger partial charge is 0.378 e. The average Bonchev–Trinajstić information content (AvgIpc) is 2.27. The molecule has 1 aliphatic carbocycles. The number of aliphatic imine (C=N–C) groups is 1. The number of allylic oxidation sites excluding steroid dienone is 2. The van der Waals surface area contributed by atoms with Crippen LogP contribution in [0.2, 0.25) is 0 Å². The molecule has 1 atom stereocenters. The Morgan fingerprint density at radius 2 is 2.60 bits per heavy atom. The van der Waals surface area contributed by atoms with Crippen molar-refractivity contribution in [2.24, 2.45) is 10.7 Å². The van der Waals surface area contributed by atoms with E-state index in [4.69, 9.17) is 5.73 Å². The van der Waals surface area contributed by atoms with Gasteiger partial charge in [0.1, 0.15) is 0 Å². The summed E-state index contributed by atoms with van der Waals surface area (Å²) in [7, 11) is 0. The van der Waals surface area contributed by atoms with E-state index in [1.165, 1.54) is 4.91 Å². The Hall–Kier alpha value is -0.700. The molecule has 0 radical (unpaired) electrons. The van der Waals surface area contributed by atoms with Crippen molar-refractivity contribution >= 4 is 16.9 Å². The summed E-state index contributed by atoms with van der Waals surface area (Å²) >= 11 is 1.59. The summed E-state index contributed by atoms with van der Waals surface area (Å²) < 4.78 is 0. The van der Waals surface area contributed by atoms with Crippen molar-refractivity contribution in [2.75, 3.05) is 0 Å². The van der Waals surface area contributed by atoms with Gasteiger partial charge in [0, 0.05) is 4.91 Å². The lowest BCUT2D eigenvalue weighted by Crippen LogP contribution is -2.03. The van der Waals surface area contributed by atoms with E-state index in [2.05, 4.69) is 23.2 Å². The molecule has 1 heterocycles. The molecule has 52 valence electrons. The maximum atomic E-state index is 5.54. The Kier molecular flexibility index (Phi) is 1.31. The first-order chi connectivity index (χ1) is 4.86. The minimum atomic E-state index is 0.343. The van der Waals surface area contributed by atoms with Crippen molar-refractivity contribution < 1.29 is 0 Å². The Balaban J connectivity index is 2.28. The van der Waals surface area contributed by atoms with Gasteiger partial charge in [0.25, 0.3) is 0 Å². The predicted molar refractivity (Wildman–Crippen MR) is 44.8 cm³/mol. The number of hydrogen-bond acceptors (Lipinski definition) is 3. The fraction of sp³-hybridized carbons (Fsp3) is 0.286. The van der Waals surface area contributed by atoms with Crippen molar-refractivity contribution in [3.8, 4) is 0 Å². The molecule has 1 aliphatic heterocycles. The molecule has 0 saturated heterocycles. The number of thioether (sulfide) groups is 1. The maximum Gasteiger partial charge on any atom is 0.159 e. The van der Waals surface area contributed by atoms with Gasteiger partial charge in [-0.1, -0.05) is 30.0 Å². The third-order valence-electron chi connectivity index (χ3n) is 1.59. The molecule has 0 aromatic rings. The number of rotatable bonds is 0. The molecular weight excluding hydrogens is 144 g/mol. The molecule has 0 aromatic heterocycles. The average molecular weight is 152 g/mol. The van der Waals surface area contributed by atoms with Crippen molar-refractivity contribution in [1.29, 1.82) is 0 Å². The lowest BCUT2D eigenvalue weighted by atomic mass is 10.1. The van der Waals surface area contributed by atoms with Gasteiger partial charge >= 0.3 is 0 Å². The fourth-order valence-corrected chi connectivity index (χ4v) is 1.97. The van der Waals surface area contributed by atoms with Gasteiger partial charge in [0.05, 0.1) is 6.04 Å². The standard InChI is InChI=1S/C7H8N2S/c8-7-9-5-3-1-2-4-6(5)10-7/h1-2,4-5H,3H2,(H2,8,9). The van der Waals surface area contributed by atoms with Crippen LogP contribution in [0.15, 0.2) is 28.1 Å². The molecule has 2 N–H and O–H groups in total. The molecule has 2 nitrogen and oxygen atoms in total. The van der Waals surface area contributed by atoms with E-state index in [0.717, 1.165) is 6.42 Å². The van der Waals surface area contributed by atoms with Crippen LogP contribution in [-0.2, 0) is 0 Å². The second-order valence-electron chi connectivity index (χ2n) is 2.32. The van der Waals surface area contributed by atoms with Crippen LogP contribution in [0.4, 0.5) is 0 Å². The highest BCUT2D eigenvalue weighted by Gasteiger charge is 2.21. The molecule has 0 bridgehead atoms. The van der Waals surface area contributed by atoms with Crippen LogP contribution < -0.4 is 5.73 Å². The second kappa shape index (κ2) is 2.16. The lowest BCUT2D eigenvalue weighted by molar-refractivity contribution is 0.825. The minimum Gasteiger partial charge on any atom is -0.378 e. The molecule has 0 spiro atoms. The van der Waals surface area contributed by atoms with Crippen LogP contribution in [0, 0.1) is 0 Å². The molecule has 2 aliphatic rings. The molecule has 10 heavy (non-hydrogen) atoms. The van der Waals surface area contributed by atoms with E-state index in [1.54, 1.807) is 11.8 Å². The first-order valence-corrected chi connectivity index (χ1v) is 4.06. The van der Waals surface area contributed by atoms with Crippen LogP contribution in [0.3, 0.4) is 0 Å². The summed E-state index contributed by atoms with van der Waals surface area (Å²) in [6.07, 6.45) is 7.28. The van der Waals surface area contributed by atoms with E-state index >= 15 is 0 Å². The highest BCUT2D eigenvalue weighted by atomic mass is 32.2. The van der Waals surface area contributed by atoms with Crippen LogP contribution >= 0.6 is 11.8 Å². The van der Waals surface area contributed by atoms with E-state index in [-0.39, 0.29) is 0 Å². The third kappa shape index (κ3) is 0.865. The summed E-state index contributed by atoms with van der Waals surface area (Å²) in [6.45, 7) is 0. The van der Waals surface area contributed by atoms with Crippen LogP contribution in [0.1, 0.15) is 6.42 Å². The molecule has 2 rings (SSSR count). The molecule has 0 saturated carbocycles. The van der Waals surface area contributed by atoms with Gasteiger partial charge in [0.15, 0.2) is 5.17 Å². The van der Waals surface area contributed by atoms with Gasteiger partial charge in [-0.2, -0.15) is 0 Å². The summed E-state index contributed by atoms with van der Waals surface area (Å²) in [5, 5.41) is 0.708. The third-order valence-corrected chi connectivity index (χ3v) is 2.55. The second-order valence-corrected chi connectivity index (χ2v) is 3.41. The van der Waals surface area contributed by atoms with Crippen LogP contribution in [0.25, 0.3) is 0 Å². The molecule has 0 aromatic carbocycles. The highest BCUT2D eigenvalue weighted by Crippen LogP contribution is 2.32. The van der Waals surface area contributed by atoms with Crippen LogP contribution in [-0.4, -0.2) is 11.2 Å². The SMILES string of the molecule is NC1=NC2CC=CC=C2S1. The number of fused-ring (bicyclic) bond motifs is 1. The van der Waals surface area contributed by atoms with Crippen LogP contribution in [0.5, 0.6) is 0 Å². The van der Waals surface area contributed by atoms with Gasteiger partial charge in [-0.05, 0) is 6.42 Å². The van der Waals surface area contributed by atoms with Crippen molar-refractivity contribution in [2.45, 2.75) is 12.5 Å². The number of nitrogens with two attached hydrogens (primary N) is 1. The lowest BCUT2D eigenvalue weighted by Gasteiger charge is -2.07. The topological polar surface area (TPSA) is 38.4 Å². The Morgan fingerprint density at radius 3 is 3.40 bits per heavy atom. The number of hydrogen-bond donors (Lipinski definition) is 1. The maximum absolute atomic E-state index is 5.54. The predicted octanol–water partition coefficient (Wildman–Crippen LogP) is 1.26. The monoisotopic (exact) mass is 152 g/mol. The zero-order valence-electron chi connectivity index (χ0n) is 5.45. The van der Waals surface area contributed by atoms with Crippen molar-refractivity contribution in [1.82, 2.24) is 0 Å². The van der Waals surface area contributed by atoms with Crippen molar-refractivity contribution in [3.63, 3.8) is 0 Å². The van der Waals surface area contributed by atoms with E-state index in [0.29, 0.717) is 11.2 Å². The first kappa shape index (κ1) is 6.04. The van der Waals surface area contributed by atoms with E-state index in [1.807, 2.05) is 0 Å². The molecule has 0 fully saturated rings. The smallest absolute Gasteiger partial charge is 0.159 e. The summed E-state index contributed by atoms with van der Waals surface area (Å²) in [4.78, 5) is 5.54. The number of nitrogens with zero attached hydrogens (tertiary/aromatic N) is 1. The zero-order chi connectivity index (χ0) is 6.97. The van der Waals surface area contributed by atoms with Gasteiger partial charge in [-0.15, -0.1) is 0 Å². The first-order valence-electron chi connectivity index (χ1n) is 3.24. The zero-order valence-corrected chi connectivity index (χ0v) is 6.27. The minimum absolute atomic E-state index is 0.343. The van der Waals surface area contributed by atoms with Gasteiger partial charge in [-0.25, -0.2) is 0 Å². The quantitative estimate of drug-likeness (QED) is 0.567.